The molecule has 1 aliphatic rings. The first-order chi connectivity index (χ1) is 14.4. The maximum Gasteiger partial charge on any atom is 0.338 e. The summed E-state index contributed by atoms with van der Waals surface area (Å²) in [6, 6.07) is 12.7. The van der Waals surface area contributed by atoms with Gasteiger partial charge in [0.05, 0.1) is 18.7 Å². The summed E-state index contributed by atoms with van der Waals surface area (Å²) in [5.41, 5.74) is 1.22. The quantitative estimate of drug-likeness (QED) is 0.343. The second-order valence-corrected chi connectivity index (χ2v) is 7.20. The maximum absolute atomic E-state index is 12.2. The van der Waals surface area contributed by atoms with Crippen molar-refractivity contribution in [1.82, 2.24) is 4.90 Å². The molecule has 0 radical (unpaired) electrons. The minimum atomic E-state index is -0.660. The maximum atomic E-state index is 12.2. The van der Waals surface area contributed by atoms with E-state index in [9.17, 15) is 19.2 Å². The molecule has 1 heterocycles. The Hall–Kier alpha value is -3.30. The average Bonchev–Trinajstić information content (AvgIpc) is 3.00. The lowest BCUT2D eigenvalue weighted by molar-refractivity contribution is -0.137. The molecular weight excluding hydrogens is 456 g/mol. The van der Waals surface area contributed by atoms with Crippen LogP contribution in [0.5, 0.6) is 0 Å². The van der Waals surface area contributed by atoms with Gasteiger partial charge in [-0.15, -0.1) is 0 Å². The number of imide groups is 1. The number of ketones is 1. The Labute approximate surface area is 180 Å². The second-order valence-electron chi connectivity index (χ2n) is 6.29. The number of ether oxygens (including phenoxy) is 1. The van der Waals surface area contributed by atoms with Crippen molar-refractivity contribution in [3.05, 3.63) is 75.9 Å². The number of nitrogens with zero attached hydrogens (tertiary/aromatic N) is 1. The number of halogens is 1. The van der Waals surface area contributed by atoms with Crippen LogP contribution in [0, 0.1) is 0 Å². The van der Waals surface area contributed by atoms with Crippen molar-refractivity contribution in [2.45, 2.75) is 0 Å². The summed E-state index contributed by atoms with van der Waals surface area (Å²) in [6.07, 6.45) is 1.15. The highest BCUT2D eigenvalue weighted by molar-refractivity contribution is 9.10. The fourth-order valence-electron chi connectivity index (χ4n) is 2.69. The van der Waals surface area contributed by atoms with Gasteiger partial charge < -0.3 is 15.2 Å². The van der Waals surface area contributed by atoms with Gasteiger partial charge in [0.1, 0.15) is 5.70 Å². The lowest BCUT2D eigenvalue weighted by atomic mass is 10.1. The summed E-state index contributed by atoms with van der Waals surface area (Å²) < 4.78 is 5.90. The van der Waals surface area contributed by atoms with Crippen molar-refractivity contribution in [2.24, 2.45) is 0 Å². The van der Waals surface area contributed by atoms with Crippen LogP contribution in [0.3, 0.4) is 0 Å². The molecule has 30 heavy (non-hydrogen) atoms. The predicted molar refractivity (Wildman–Crippen MR) is 111 cm³/mol. The molecule has 3 rings (SSSR count). The number of hydrogen-bond donors (Lipinski definition) is 2. The van der Waals surface area contributed by atoms with Crippen LogP contribution in [0.25, 0.3) is 0 Å². The number of carbonyl (C=O) groups is 4. The SMILES string of the molecule is O=C(COC(=O)c1ccc(NC2=CC(=O)N(CCO)C2=O)cc1)c1ccc(Br)cc1. The molecule has 1 aliphatic heterocycles. The molecule has 8 nitrogen and oxygen atoms in total. The van der Waals surface area contributed by atoms with E-state index in [0.717, 1.165) is 15.4 Å². The van der Waals surface area contributed by atoms with Gasteiger partial charge in [-0.1, -0.05) is 28.1 Å². The first-order valence-electron chi connectivity index (χ1n) is 8.90. The number of β-amino-alcohol motifs (C(OH)–C–C–N with tert-alkyl or cyclic N) is 1. The zero-order valence-electron chi connectivity index (χ0n) is 15.6. The van der Waals surface area contributed by atoms with E-state index in [-0.39, 0.29) is 36.8 Å². The van der Waals surface area contributed by atoms with Crippen LogP contribution in [0.1, 0.15) is 20.7 Å². The fourth-order valence-corrected chi connectivity index (χ4v) is 2.95. The first-order valence-corrected chi connectivity index (χ1v) is 9.69. The minimum Gasteiger partial charge on any atom is -0.454 e. The molecular formula is C21H17BrN2O6. The molecule has 0 aliphatic carbocycles. The first kappa shape index (κ1) is 21.4. The number of aliphatic hydroxyl groups excluding tert-OH is 1. The van der Waals surface area contributed by atoms with Gasteiger partial charge in [-0.2, -0.15) is 0 Å². The number of rotatable bonds is 8. The van der Waals surface area contributed by atoms with Crippen molar-refractivity contribution in [3.63, 3.8) is 0 Å². The summed E-state index contributed by atoms with van der Waals surface area (Å²) in [5.74, 6) is -2.03. The normalized spacial score (nSPS) is 13.3. The largest absolute Gasteiger partial charge is 0.454 e. The van der Waals surface area contributed by atoms with E-state index in [4.69, 9.17) is 9.84 Å². The Kier molecular flexibility index (Phi) is 6.76. The molecule has 0 saturated carbocycles. The van der Waals surface area contributed by atoms with Crippen molar-refractivity contribution in [3.8, 4) is 0 Å². The van der Waals surface area contributed by atoms with Gasteiger partial charge in [-0.3, -0.25) is 19.3 Å². The van der Waals surface area contributed by atoms with Gasteiger partial charge in [-0.25, -0.2) is 4.79 Å². The van der Waals surface area contributed by atoms with Crippen molar-refractivity contribution >= 4 is 45.2 Å². The monoisotopic (exact) mass is 472 g/mol. The number of anilines is 1. The highest BCUT2D eigenvalue weighted by Gasteiger charge is 2.30. The third-order valence-electron chi connectivity index (χ3n) is 4.23. The molecule has 9 heteroatoms. The van der Waals surface area contributed by atoms with Gasteiger partial charge in [0.25, 0.3) is 11.8 Å². The van der Waals surface area contributed by atoms with E-state index in [2.05, 4.69) is 21.2 Å². The number of hydrogen-bond acceptors (Lipinski definition) is 7. The van der Waals surface area contributed by atoms with E-state index < -0.39 is 17.8 Å². The number of carbonyl (C=O) groups excluding carboxylic acids is 4. The third-order valence-corrected chi connectivity index (χ3v) is 4.76. The molecule has 0 spiro atoms. The van der Waals surface area contributed by atoms with Crippen LogP contribution >= 0.6 is 15.9 Å². The summed E-state index contributed by atoms with van der Waals surface area (Å²) in [7, 11) is 0. The van der Waals surface area contributed by atoms with Crippen LogP contribution in [0.15, 0.2) is 64.8 Å². The zero-order valence-corrected chi connectivity index (χ0v) is 17.2. The van der Waals surface area contributed by atoms with E-state index in [1.54, 1.807) is 36.4 Å². The summed E-state index contributed by atoms with van der Waals surface area (Å²) >= 11 is 3.28. The van der Waals surface area contributed by atoms with Gasteiger partial charge in [0, 0.05) is 21.8 Å². The third kappa shape index (κ3) is 5.00. The molecule has 2 amide bonds. The summed E-state index contributed by atoms with van der Waals surface area (Å²) in [6.45, 7) is -0.784. The molecule has 154 valence electrons. The van der Waals surface area contributed by atoms with E-state index >= 15 is 0 Å². The average molecular weight is 473 g/mol. The van der Waals surface area contributed by atoms with Gasteiger partial charge in [0.15, 0.2) is 12.4 Å². The molecule has 2 N–H and O–H groups in total. The highest BCUT2D eigenvalue weighted by atomic mass is 79.9. The number of Topliss-reactive ketones (excluding diaryl/α,β-unsaturated/α-hetero) is 1. The Morgan fingerprint density at radius 3 is 2.27 bits per heavy atom. The van der Waals surface area contributed by atoms with Crippen LogP contribution < -0.4 is 5.32 Å². The molecule has 0 atom stereocenters. The zero-order chi connectivity index (χ0) is 21.7. The molecule has 0 bridgehead atoms. The Morgan fingerprint density at radius 2 is 1.63 bits per heavy atom. The summed E-state index contributed by atoms with van der Waals surface area (Å²) in [4.78, 5) is 49.0. The number of esters is 1. The van der Waals surface area contributed by atoms with E-state index in [1.807, 2.05) is 0 Å². The smallest absolute Gasteiger partial charge is 0.338 e. The lowest BCUT2D eigenvalue weighted by Gasteiger charge is -2.13. The molecule has 0 unspecified atom stereocenters. The van der Waals surface area contributed by atoms with Crippen molar-refractivity contribution < 1.29 is 29.0 Å². The van der Waals surface area contributed by atoms with E-state index in [0.29, 0.717) is 11.3 Å². The fraction of sp³-hybridized carbons (Fsp3) is 0.143. The molecule has 0 fully saturated rings. The van der Waals surface area contributed by atoms with Crippen molar-refractivity contribution in [2.75, 3.05) is 25.1 Å². The predicted octanol–water partition coefficient (Wildman–Crippen LogP) is 2.15. The number of nitrogens with one attached hydrogen (secondary N) is 1. The van der Waals surface area contributed by atoms with E-state index in [1.165, 1.54) is 12.1 Å². The number of aliphatic hydroxyl groups is 1. The second kappa shape index (κ2) is 9.47. The molecule has 0 aromatic heterocycles. The Morgan fingerprint density at radius 1 is 1.00 bits per heavy atom. The Balaban J connectivity index is 1.56. The topological polar surface area (TPSA) is 113 Å². The number of amides is 2. The van der Waals surface area contributed by atoms with Crippen molar-refractivity contribution in [1.29, 1.82) is 0 Å². The summed E-state index contributed by atoms with van der Waals surface area (Å²) in [5, 5.41) is 11.7. The van der Waals surface area contributed by atoms with Gasteiger partial charge >= 0.3 is 5.97 Å². The molecule has 2 aromatic carbocycles. The molecule has 2 aromatic rings. The number of benzene rings is 2. The lowest BCUT2D eigenvalue weighted by Crippen LogP contribution is -2.34. The molecule has 0 saturated heterocycles. The van der Waals surface area contributed by atoms with Gasteiger partial charge in [0.2, 0.25) is 0 Å². The van der Waals surface area contributed by atoms with Crippen LogP contribution in [-0.2, 0) is 14.3 Å². The van der Waals surface area contributed by atoms with Crippen LogP contribution in [0.2, 0.25) is 0 Å². The van der Waals surface area contributed by atoms with Crippen LogP contribution in [0.4, 0.5) is 5.69 Å². The highest BCUT2D eigenvalue weighted by Crippen LogP contribution is 2.18. The Bertz CT molecular complexity index is 1010. The minimum absolute atomic E-state index is 0.0730. The van der Waals surface area contributed by atoms with Crippen LogP contribution in [-0.4, -0.2) is 53.3 Å². The standard InChI is InChI=1S/C21H17BrN2O6/c22-15-5-1-13(2-6-15)18(26)12-30-21(29)14-3-7-16(8-4-14)23-17-11-19(27)24(9-10-25)20(17)28/h1-8,11,23,25H,9-10,12H2. The van der Waals surface area contributed by atoms with Gasteiger partial charge in [-0.05, 0) is 36.4 Å².